The first kappa shape index (κ1) is 20.4. The molecule has 0 saturated heterocycles. The molecule has 3 rings (SSSR count). The van der Waals surface area contributed by atoms with Crippen LogP contribution in [0.5, 0.6) is 11.5 Å². The van der Waals surface area contributed by atoms with E-state index in [0.29, 0.717) is 21.9 Å². The van der Waals surface area contributed by atoms with Crippen molar-refractivity contribution in [3.05, 3.63) is 93.5 Å². The molecule has 0 saturated carbocycles. The van der Waals surface area contributed by atoms with Crippen LogP contribution in [0.1, 0.15) is 26.3 Å². The van der Waals surface area contributed by atoms with E-state index >= 15 is 0 Å². The number of carbonyl (C=O) groups excluding carboxylic acids is 2. The number of carbonyl (C=O) groups is 2. The molecule has 0 atom stereocenters. The predicted molar refractivity (Wildman–Crippen MR) is 111 cm³/mol. The average Bonchev–Trinajstić information content (AvgIpc) is 2.69. The lowest BCUT2D eigenvalue weighted by Gasteiger charge is -2.06. The predicted octanol–water partition coefficient (Wildman–Crippen LogP) is 4.68. The second kappa shape index (κ2) is 9.23. The molecule has 29 heavy (non-hydrogen) atoms. The van der Waals surface area contributed by atoms with Crippen LogP contribution < -0.4 is 10.2 Å². The lowest BCUT2D eigenvalue weighted by molar-refractivity contribution is 0.0734. The summed E-state index contributed by atoms with van der Waals surface area (Å²) in [6.07, 6.45) is 1.44. The zero-order chi connectivity index (χ0) is 20.8. The number of benzene rings is 3. The molecule has 6 nitrogen and oxygen atoms in total. The van der Waals surface area contributed by atoms with E-state index in [1.807, 2.05) is 0 Å². The second-order valence-electron chi connectivity index (χ2n) is 5.83. The Morgan fingerprint density at radius 3 is 2.31 bits per heavy atom. The summed E-state index contributed by atoms with van der Waals surface area (Å²) in [4.78, 5) is 24.1. The van der Waals surface area contributed by atoms with Gasteiger partial charge in [0.25, 0.3) is 5.91 Å². The monoisotopic (exact) mass is 428 g/mol. The zero-order valence-electron chi connectivity index (χ0n) is 14.8. The highest BCUT2D eigenvalue weighted by atomic mass is 35.5. The van der Waals surface area contributed by atoms with E-state index in [2.05, 4.69) is 10.5 Å². The summed E-state index contributed by atoms with van der Waals surface area (Å²) in [5, 5.41) is 13.7. The van der Waals surface area contributed by atoms with Gasteiger partial charge >= 0.3 is 5.97 Å². The smallest absolute Gasteiger partial charge is 0.345 e. The number of phenolic OH excluding ortho intramolecular Hbond substituents is 1. The minimum atomic E-state index is -0.603. The van der Waals surface area contributed by atoms with Gasteiger partial charge in [0.2, 0.25) is 0 Å². The van der Waals surface area contributed by atoms with E-state index in [4.69, 9.17) is 27.9 Å². The van der Waals surface area contributed by atoms with E-state index in [1.165, 1.54) is 42.6 Å². The van der Waals surface area contributed by atoms with E-state index in [-0.39, 0.29) is 16.3 Å². The second-order valence-corrected chi connectivity index (χ2v) is 6.67. The van der Waals surface area contributed by atoms with E-state index in [1.54, 1.807) is 30.3 Å². The van der Waals surface area contributed by atoms with Crippen molar-refractivity contribution >= 4 is 41.3 Å². The van der Waals surface area contributed by atoms with Gasteiger partial charge in [-0.05, 0) is 72.3 Å². The number of halogens is 2. The first-order chi connectivity index (χ1) is 13.9. The first-order valence-electron chi connectivity index (χ1n) is 8.32. The van der Waals surface area contributed by atoms with Crippen molar-refractivity contribution in [2.45, 2.75) is 0 Å². The van der Waals surface area contributed by atoms with Gasteiger partial charge in [-0.2, -0.15) is 5.10 Å². The highest BCUT2D eigenvalue weighted by Gasteiger charge is 2.13. The van der Waals surface area contributed by atoms with Crippen molar-refractivity contribution in [2.75, 3.05) is 0 Å². The number of amides is 1. The lowest BCUT2D eigenvalue weighted by atomic mass is 10.2. The number of hydrogen-bond donors (Lipinski definition) is 2. The topological polar surface area (TPSA) is 88.0 Å². The van der Waals surface area contributed by atoms with Crippen LogP contribution in [0, 0.1) is 0 Å². The molecule has 0 aliphatic carbocycles. The molecule has 0 aliphatic heterocycles. The molecule has 3 aromatic rings. The van der Waals surface area contributed by atoms with Crippen LogP contribution >= 0.6 is 23.2 Å². The average molecular weight is 429 g/mol. The molecule has 0 spiro atoms. The molecule has 0 radical (unpaired) electrons. The fourth-order valence-corrected chi connectivity index (χ4v) is 2.77. The Morgan fingerprint density at radius 2 is 1.66 bits per heavy atom. The first-order valence-corrected chi connectivity index (χ1v) is 9.08. The third-order valence-corrected chi connectivity index (χ3v) is 4.30. The summed E-state index contributed by atoms with van der Waals surface area (Å²) < 4.78 is 5.29. The Kier molecular flexibility index (Phi) is 6.49. The van der Waals surface area contributed by atoms with Crippen molar-refractivity contribution < 1.29 is 19.4 Å². The van der Waals surface area contributed by atoms with Gasteiger partial charge in [-0.15, -0.1) is 0 Å². The lowest BCUT2D eigenvalue weighted by Crippen LogP contribution is -2.17. The Labute approximate surface area is 176 Å². The van der Waals surface area contributed by atoms with Gasteiger partial charge in [-0.3, -0.25) is 4.79 Å². The van der Waals surface area contributed by atoms with Crippen LogP contribution in [0.2, 0.25) is 10.0 Å². The number of nitrogens with zero attached hydrogens (tertiary/aromatic N) is 1. The Bertz CT molecular complexity index is 1070. The Hall–Kier alpha value is -3.35. The molecule has 0 aliphatic rings. The SMILES string of the molecule is O=C(N/N=C\c1ccc(OC(=O)c2ccc(Cl)cc2Cl)cc1)c1ccc(O)cc1. The summed E-state index contributed by atoms with van der Waals surface area (Å²) in [7, 11) is 0. The third kappa shape index (κ3) is 5.57. The molecule has 2 N–H and O–H groups in total. The maximum atomic E-state index is 12.2. The van der Waals surface area contributed by atoms with Crippen LogP contribution in [0.25, 0.3) is 0 Å². The highest BCUT2D eigenvalue weighted by molar-refractivity contribution is 6.36. The van der Waals surface area contributed by atoms with Crippen LogP contribution in [0.4, 0.5) is 0 Å². The minimum absolute atomic E-state index is 0.0733. The number of nitrogens with one attached hydrogen (secondary N) is 1. The third-order valence-electron chi connectivity index (χ3n) is 3.75. The molecular formula is C21H14Cl2N2O4. The summed E-state index contributed by atoms with van der Waals surface area (Å²) >= 11 is 11.8. The van der Waals surface area contributed by atoms with Crippen LogP contribution in [0.3, 0.4) is 0 Å². The van der Waals surface area contributed by atoms with Crippen molar-refractivity contribution in [2.24, 2.45) is 5.10 Å². The molecule has 0 bridgehead atoms. The fraction of sp³-hybridized carbons (Fsp3) is 0. The normalized spacial score (nSPS) is 10.7. The fourth-order valence-electron chi connectivity index (χ4n) is 2.28. The summed E-state index contributed by atoms with van der Waals surface area (Å²) in [5.74, 6) is -0.614. The molecular weight excluding hydrogens is 415 g/mol. The number of hydrogen-bond acceptors (Lipinski definition) is 5. The van der Waals surface area contributed by atoms with Gasteiger partial charge in [0.05, 0.1) is 16.8 Å². The number of esters is 1. The molecule has 0 heterocycles. The van der Waals surface area contributed by atoms with Crippen LogP contribution in [-0.2, 0) is 0 Å². The zero-order valence-corrected chi connectivity index (χ0v) is 16.3. The summed E-state index contributed by atoms with van der Waals surface area (Å²) in [5.41, 5.74) is 3.64. The molecule has 0 fully saturated rings. The molecule has 1 amide bonds. The highest BCUT2D eigenvalue weighted by Crippen LogP contribution is 2.23. The molecule has 0 aromatic heterocycles. The molecule has 0 unspecified atom stereocenters. The summed E-state index contributed by atoms with van der Waals surface area (Å²) in [6.45, 7) is 0. The number of ether oxygens (including phenoxy) is 1. The number of hydrazone groups is 1. The van der Waals surface area contributed by atoms with Gasteiger partial charge < -0.3 is 9.84 Å². The summed E-state index contributed by atoms with van der Waals surface area (Å²) in [6, 6.07) is 16.8. The van der Waals surface area contributed by atoms with E-state index in [9.17, 15) is 14.7 Å². The number of aromatic hydroxyl groups is 1. The van der Waals surface area contributed by atoms with Gasteiger partial charge in [0.15, 0.2) is 0 Å². The number of phenols is 1. The van der Waals surface area contributed by atoms with Gasteiger partial charge in [0.1, 0.15) is 11.5 Å². The largest absolute Gasteiger partial charge is 0.508 e. The van der Waals surface area contributed by atoms with Gasteiger partial charge in [-0.1, -0.05) is 23.2 Å². The van der Waals surface area contributed by atoms with Crippen LogP contribution in [0.15, 0.2) is 71.8 Å². The number of rotatable bonds is 5. The molecule has 146 valence electrons. The van der Waals surface area contributed by atoms with Crippen molar-refractivity contribution in [3.8, 4) is 11.5 Å². The quantitative estimate of drug-likeness (QED) is 0.267. The Morgan fingerprint density at radius 1 is 0.966 bits per heavy atom. The van der Waals surface area contributed by atoms with Crippen molar-refractivity contribution in [3.63, 3.8) is 0 Å². The molecule has 3 aromatic carbocycles. The van der Waals surface area contributed by atoms with Crippen LogP contribution in [-0.4, -0.2) is 23.2 Å². The van der Waals surface area contributed by atoms with Crippen molar-refractivity contribution in [1.82, 2.24) is 5.43 Å². The van der Waals surface area contributed by atoms with Gasteiger partial charge in [-0.25, -0.2) is 10.2 Å². The molecule has 8 heteroatoms. The van der Waals surface area contributed by atoms with E-state index in [0.717, 1.165) is 0 Å². The van der Waals surface area contributed by atoms with E-state index < -0.39 is 11.9 Å². The maximum Gasteiger partial charge on any atom is 0.345 e. The minimum Gasteiger partial charge on any atom is -0.508 e. The van der Waals surface area contributed by atoms with Crippen molar-refractivity contribution in [1.29, 1.82) is 0 Å². The standard InChI is InChI=1S/C21H14Cl2N2O4/c22-15-5-10-18(19(23)11-15)21(28)29-17-8-1-13(2-9-17)12-24-25-20(27)14-3-6-16(26)7-4-14/h1-12,26H,(H,25,27)/b24-12-. The van der Waals surface area contributed by atoms with Gasteiger partial charge in [0, 0.05) is 10.6 Å². The Balaban J connectivity index is 1.58. The maximum absolute atomic E-state index is 12.2.